The van der Waals surface area contributed by atoms with Crippen molar-refractivity contribution in [2.75, 3.05) is 6.54 Å². The van der Waals surface area contributed by atoms with Gasteiger partial charge in [-0.2, -0.15) is 0 Å². The summed E-state index contributed by atoms with van der Waals surface area (Å²) >= 11 is 1.24. The highest BCUT2D eigenvalue weighted by Gasteiger charge is 2.24. The average molecular weight is 369 g/mol. The van der Waals surface area contributed by atoms with Gasteiger partial charge in [-0.3, -0.25) is 9.59 Å². The Kier molecular flexibility index (Phi) is 5.48. The fraction of sp³-hybridized carbons (Fsp3) is 0.211. The Balaban J connectivity index is 1.94. The van der Waals surface area contributed by atoms with Crippen LogP contribution in [-0.2, 0) is 4.79 Å². The Hall–Kier alpha value is -2.93. The number of likely N-dealkylation sites (N-methyl/N-ethyl adjacent to an activating group) is 1. The molecule has 2 N–H and O–H groups in total. The second-order valence-electron chi connectivity index (χ2n) is 5.63. The van der Waals surface area contributed by atoms with Gasteiger partial charge < -0.3 is 15.1 Å². The second kappa shape index (κ2) is 7.97. The lowest BCUT2D eigenvalue weighted by Crippen LogP contribution is -2.44. The van der Waals surface area contributed by atoms with Crippen molar-refractivity contribution in [1.29, 1.82) is 0 Å². The molecule has 2 amide bonds. The topological polar surface area (TPSA) is 84.2 Å². The number of carbonyl (C=O) groups is 2. The van der Waals surface area contributed by atoms with Gasteiger partial charge in [0, 0.05) is 12.1 Å². The quantitative estimate of drug-likeness (QED) is 0.698. The minimum Gasteiger partial charge on any atom is -0.462 e. The first kappa shape index (κ1) is 17.9. The van der Waals surface area contributed by atoms with Crippen LogP contribution in [0.25, 0.3) is 22.0 Å². The van der Waals surface area contributed by atoms with E-state index in [4.69, 9.17) is 4.42 Å². The van der Waals surface area contributed by atoms with E-state index in [1.807, 2.05) is 37.3 Å². The largest absolute Gasteiger partial charge is 0.462 e. The van der Waals surface area contributed by atoms with Gasteiger partial charge in [0.25, 0.3) is 5.91 Å². The summed E-state index contributed by atoms with van der Waals surface area (Å²) in [6, 6.07) is 12.4. The molecule has 0 aliphatic rings. The van der Waals surface area contributed by atoms with Crippen LogP contribution in [0.5, 0.6) is 0 Å². The van der Waals surface area contributed by atoms with Gasteiger partial charge in [0.1, 0.15) is 10.9 Å². The highest BCUT2D eigenvalue weighted by molar-refractivity contribution is 7.17. The number of amides is 2. The number of hydrogen-bond acceptors (Lipinski definition) is 5. The molecule has 2 heterocycles. The van der Waals surface area contributed by atoms with Crippen molar-refractivity contribution in [3.05, 3.63) is 53.6 Å². The van der Waals surface area contributed by atoms with Crippen LogP contribution < -0.4 is 10.6 Å². The van der Waals surface area contributed by atoms with Crippen LogP contribution in [0.4, 0.5) is 0 Å². The van der Waals surface area contributed by atoms with E-state index in [9.17, 15) is 9.59 Å². The Bertz CT molecular complexity index is 888. The Morgan fingerprint density at radius 2 is 1.96 bits per heavy atom. The molecule has 3 aromatic rings. The standard InChI is InChI=1S/C19H19N3O3S/c1-3-20-17(23)12(2)21-18(24)16-15(13-8-5-4-6-9-13)22-19(26-16)14-10-7-11-25-14/h4-12H,3H2,1-2H3,(H,20,23)(H,21,24). The van der Waals surface area contributed by atoms with Crippen molar-refractivity contribution in [2.45, 2.75) is 19.9 Å². The summed E-state index contributed by atoms with van der Waals surface area (Å²) in [4.78, 5) is 29.7. The molecule has 0 aliphatic heterocycles. The maximum Gasteiger partial charge on any atom is 0.264 e. The van der Waals surface area contributed by atoms with Crippen LogP contribution in [0.15, 0.2) is 53.1 Å². The van der Waals surface area contributed by atoms with Crippen LogP contribution in [0, 0.1) is 0 Å². The Morgan fingerprint density at radius 3 is 2.62 bits per heavy atom. The van der Waals surface area contributed by atoms with Gasteiger partial charge in [0.2, 0.25) is 5.91 Å². The summed E-state index contributed by atoms with van der Waals surface area (Å²) < 4.78 is 5.41. The number of furan rings is 1. The van der Waals surface area contributed by atoms with Gasteiger partial charge in [0.05, 0.1) is 12.0 Å². The summed E-state index contributed by atoms with van der Waals surface area (Å²) in [7, 11) is 0. The molecule has 0 radical (unpaired) electrons. The summed E-state index contributed by atoms with van der Waals surface area (Å²) in [5.41, 5.74) is 1.40. The number of thiazole rings is 1. The number of carbonyl (C=O) groups excluding carboxylic acids is 2. The van der Waals surface area contributed by atoms with E-state index in [0.29, 0.717) is 27.9 Å². The first-order valence-corrected chi connectivity index (χ1v) is 9.10. The number of aromatic nitrogens is 1. The van der Waals surface area contributed by atoms with Gasteiger partial charge in [-0.25, -0.2) is 4.98 Å². The zero-order chi connectivity index (χ0) is 18.5. The molecule has 26 heavy (non-hydrogen) atoms. The molecular weight excluding hydrogens is 350 g/mol. The van der Waals surface area contributed by atoms with Gasteiger partial charge in [-0.15, -0.1) is 11.3 Å². The highest BCUT2D eigenvalue weighted by atomic mass is 32.1. The molecule has 2 aromatic heterocycles. The van der Waals surface area contributed by atoms with Crippen molar-refractivity contribution in [2.24, 2.45) is 0 Å². The molecule has 0 spiro atoms. The van der Waals surface area contributed by atoms with Crippen molar-refractivity contribution < 1.29 is 14.0 Å². The van der Waals surface area contributed by atoms with E-state index in [1.165, 1.54) is 11.3 Å². The minimum atomic E-state index is -0.639. The third-order valence-electron chi connectivity index (χ3n) is 3.70. The van der Waals surface area contributed by atoms with Crippen molar-refractivity contribution in [1.82, 2.24) is 15.6 Å². The molecule has 0 saturated heterocycles. The van der Waals surface area contributed by atoms with E-state index in [-0.39, 0.29) is 11.8 Å². The lowest BCUT2D eigenvalue weighted by atomic mass is 10.1. The zero-order valence-electron chi connectivity index (χ0n) is 14.5. The molecule has 3 rings (SSSR count). The number of benzene rings is 1. The van der Waals surface area contributed by atoms with Crippen LogP contribution in [0.3, 0.4) is 0 Å². The maximum absolute atomic E-state index is 12.8. The first-order valence-electron chi connectivity index (χ1n) is 8.28. The van der Waals surface area contributed by atoms with Crippen molar-refractivity contribution in [3.8, 4) is 22.0 Å². The van der Waals surface area contributed by atoms with E-state index in [1.54, 1.807) is 25.3 Å². The molecular formula is C19H19N3O3S. The Morgan fingerprint density at radius 1 is 1.19 bits per heavy atom. The third kappa shape index (κ3) is 3.83. The molecule has 134 valence electrons. The molecule has 7 heteroatoms. The number of rotatable bonds is 6. The summed E-state index contributed by atoms with van der Waals surface area (Å²) in [6.07, 6.45) is 1.57. The summed E-state index contributed by atoms with van der Waals surface area (Å²) in [5, 5.41) is 6.05. The minimum absolute atomic E-state index is 0.224. The monoisotopic (exact) mass is 369 g/mol. The van der Waals surface area contributed by atoms with E-state index < -0.39 is 6.04 Å². The van der Waals surface area contributed by atoms with Crippen LogP contribution in [-0.4, -0.2) is 29.4 Å². The molecule has 1 unspecified atom stereocenters. The fourth-order valence-corrected chi connectivity index (χ4v) is 3.39. The number of nitrogens with zero attached hydrogens (tertiary/aromatic N) is 1. The maximum atomic E-state index is 12.8. The second-order valence-corrected chi connectivity index (χ2v) is 6.63. The normalized spacial score (nSPS) is 11.8. The van der Waals surface area contributed by atoms with Gasteiger partial charge in [0.15, 0.2) is 10.8 Å². The lowest BCUT2D eigenvalue weighted by Gasteiger charge is -2.13. The van der Waals surface area contributed by atoms with E-state index >= 15 is 0 Å². The van der Waals surface area contributed by atoms with Crippen LogP contribution >= 0.6 is 11.3 Å². The van der Waals surface area contributed by atoms with E-state index in [2.05, 4.69) is 15.6 Å². The van der Waals surface area contributed by atoms with Gasteiger partial charge in [-0.1, -0.05) is 30.3 Å². The average Bonchev–Trinajstić information content (AvgIpc) is 3.32. The Labute approximate surface area is 155 Å². The number of nitrogens with one attached hydrogen (secondary N) is 2. The first-order chi connectivity index (χ1) is 12.6. The molecule has 0 fully saturated rings. The SMILES string of the molecule is CCNC(=O)C(C)NC(=O)c1sc(-c2ccco2)nc1-c1ccccc1. The fourth-order valence-electron chi connectivity index (χ4n) is 2.43. The smallest absolute Gasteiger partial charge is 0.264 e. The number of hydrogen-bond donors (Lipinski definition) is 2. The van der Waals surface area contributed by atoms with Crippen LogP contribution in [0.2, 0.25) is 0 Å². The predicted octanol–water partition coefficient (Wildman–Crippen LogP) is 3.32. The van der Waals surface area contributed by atoms with Gasteiger partial charge >= 0.3 is 0 Å². The van der Waals surface area contributed by atoms with E-state index in [0.717, 1.165) is 5.56 Å². The third-order valence-corrected chi connectivity index (χ3v) is 4.77. The van der Waals surface area contributed by atoms with Gasteiger partial charge in [-0.05, 0) is 26.0 Å². The molecule has 1 aromatic carbocycles. The lowest BCUT2D eigenvalue weighted by molar-refractivity contribution is -0.122. The summed E-state index contributed by atoms with van der Waals surface area (Å²) in [6.45, 7) is 4.00. The molecule has 0 saturated carbocycles. The molecule has 0 bridgehead atoms. The molecule has 0 aliphatic carbocycles. The predicted molar refractivity (Wildman–Crippen MR) is 101 cm³/mol. The molecule has 1 atom stereocenters. The van der Waals surface area contributed by atoms with Crippen LogP contribution in [0.1, 0.15) is 23.5 Å². The zero-order valence-corrected chi connectivity index (χ0v) is 15.3. The summed E-state index contributed by atoms with van der Waals surface area (Å²) in [5.74, 6) is 0.0406. The highest BCUT2D eigenvalue weighted by Crippen LogP contribution is 2.34. The van der Waals surface area contributed by atoms with Crippen molar-refractivity contribution in [3.63, 3.8) is 0 Å². The van der Waals surface area contributed by atoms with Crippen molar-refractivity contribution >= 4 is 23.2 Å². The molecule has 6 nitrogen and oxygen atoms in total.